The van der Waals surface area contributed by atoms with Crippen LogP contribution in [0.3, 0.4) is 0 Å². The number of aromatic nitrogens is 3. The van der Waals surface area contributed by atoms with Crippen LogP contribution in [0.5, 0.6) is 0 Å². The molecule has 7 aromatic rings. The fraction of sp³-hybridized carbons (Fsp3) is 0. The Morgan fingerprint density at radius 2 is 1.15 bits per heavy atom. The van der Waals surface area contributed by atoms with E-state index in [9.17, 15) is 0 Å². The zero-order valence-corrected chi connectivity index (χ0v) is 18.3. The Kier molecular flexibility index (Phi) is 4.15. The molecule has 0 saturated heterocycles. The van der Waals surface area contributed by atoms with E-state index in [2.05, 4.69) is 83.8 Å². The van der Waals surface area contributed by atoms with Gasteiger partial charge >= 0.3 is 0 Å². The third-order valence-corrected chi connectivity index (χ3v) is 6.50. The van der Waals surface area contributed by atoms with Gasteiger partial charge in [0.15, 0.2) is 0 Å². The molecule has 0 fully saturated rings. The van der Waals surface area contributed by atoms with Gasteiger partial charge in [-0.05, 0) is 47.2 Å². The Hall–Kier alpha value is -4.63. The molecule has 0 spiro atoms. The lowest BCUT2D eigenvalue weighted by atomic mass is 9.96. The third-order valence-electron chi connectivity index (χ3n) is 6.50. The van der Waals surface area contributed by atoms with E-state index >= 15 is 0 Å². The van der Waals surface area contributed by atoms with Crippen molar-refractivity contribution in [3.05, 3.63) is 115 Å². The molecule has 7 rings (SSSR count). The molecule has 0 aliphatic rings. The summed E-state index contributed by atoms with van der Waals surface area (Å²) in [7, 11) is 0. The van der Waals surface area contributed by atoms with Gasteiger partial charge in [0.25, 0.3) is 0 Å². The summed E-state index contributed by atoms with van der Waals surface area (Å²) in [6.07, 6.45) is 1.86. The van der Waals surface area contributed by atoms with Crippen molar-refractivity contribution in [2.45, 2.75) is 0 Å². The highest BCUT2D eigenvalue weighted by atomic mass is 14.7. The standard InChI is InChI=1S/C31H19N3/c1-3-9-22-20(7-1)13-16-29-31(22)25(28-15-14-21-8-2-5-11-26(21)33-28)19-30(34-29)24-17-18-32-27-12-6-4-10-23(24)27/h1-19H. The van der Waals surface area contributed by atoms with E-state index in [4.69, 9.17) is 9.97 Å². The zero-order valence-electron chi connectivity index (χ0n) is 18.3. The van der Waals surface area contributed by atoms with Crippen molar-refractivity contribution in [3.63, 3.8) is 0 Å². The summed E-state index contributed by atoms with van der Waals surface area (Å²) in [5, 5.41) is 5.73. The smallest absolute Gasteiger partial charge is 0.0723 e. The Morgan fingerprint density at radius 3 is 2.06 bits per heavy atom. The molecule has 158 valence electrons. The molecule has 34 heavy (non-hydrogen) atoms. The van der Waals surface area contributed by atoms with Crippen LogP contribution < -0.4 is 0 Å². The molecule has 3 aromatic heterocycles. The molecule has 0 aliphatic carbocycles. The summed E-state index contributed by atoms with van der Waals surface area (Å²) in [5.41, 5.74) is 6.94. The van der Waals surface area contributed by atoms with Crippen LogP contribution in [-0.4, -0.2) is 15.0 Å². The van der Waals surface area contributed by atoms with Gasteiger partial charge < -0.3 is 0 Å². The van der Waals surface area contributed by atoms with E-state index in [-0.39, 0.29) is 0 Å². The number of fused-ring (bicyclic) bond motifs is 5. The molecule has 0 aliphatic heterocycles. The Morgan fingerprint density at radius 1 is 0.441 bits per heavy atom. The van der Waals surface area contributed by atoms with Gasteiger partial charge in [0.05, 0.1) is 27.9 Å². The second-order valence-electron chi connectivity index (χ2n) is 8.50. The van der Waals surface area contributed by atoms with E-state index in [1.807, 2.05) is 36.5 Å². The average molecular weight is 434 g/mol. The first-order valence-electron chi connectivity index (χ1n) is 11.4. The van der Waals surface area contributed by atoms with Crippen LogP contribution in [0.4, 0.5) is 0 Å². The quantitative estimate of drug-likeness (QED) is 0.261. The molecule has 0 atom stereocenters. The van der Waals surface area contributed by atoms with E-state index in [0.717, 1.165) is 55.2 Å². The van der Waals surface area contributed by atoms with Crippen LogP contribution in [0.15, 0.2) is 115 Å². The van der Waals surface area contributed by atoms with Crippen LogP contribution in [0.25, 0.3) is 66.0 Å². The number of rotatable bonds is 2. The Balaban J connectivity index is 1.60. The molecular weight excluding hydrogens is 414 g/mol. The highest BCUT2D eigenvalue weighted by Crippen LogP contribution is 2.37. The molecule has 0 unspecified atom stereocenters. The summed E-state index contributed by atoms with van der Waals surface area (Å²) >= 11 is 0. The normalized spacial score (nSPS) is 11.5. The molecule has 0 bridgehead atoms. The van der Waals surface area contributed by atoms with Crippen LogP contribution >= 0.6 is 0 Å². The van der Waals surface area contributed by atoms with Crippen LogP contribution in [0, 0.1) is 0 Å². The zero-order chi connectivity index (χ0) is 22.5. The lowest BCUT2D eigenvalue weighted by Crippen LogP contribution is -1.94. The monoisotopic (exact) mass is 433 g/mol. The molecule has 0 N–H and O–H groups in total. The highest BCUT2D eigenvalue weighted by molar-refractivity contribution is 6.14. The fourth-order valence-corrected chi connectivity index (χ4v) is 4.88. The molecular formula is C31H19N3. The largest absolute Gasteiger partial charge is 0.256 e. The van der Waals surface area contributed by atoms with Gasteiger partial charge in [-0.2, -0.15) is 0 Å². The second-order valence-corrected chi connectivity index (χ2v) is 8.50. The van der Waals surface area contributed by atoms with Crippen molar-refractivity contribution in [2.24, 2.45) is 0 Å². The fourth-order valence-electron chi connectivity index (χ4n) is 4.88. The summed E-state index contributed by atoms with van der Waals surface area (Å²) < 4.78 is 0. The molecule has 0 amide bonds. The maximum absolute atomic E-state index is 5.14. The summed E-state index contributed by atoms with van der Waals surface area (Å²) in [5.74, 6) is 0. The van der Waals surface area contributed by atoms with E-state index in [0.29, 0.717) is 0 Å². The number of pyridine rings is 3. The van der Waals surface area contributed by atoms with Crippen molar-refractivity contribution in [1.82, 2.24) is 15.0 Å². The first kappa shape index (κ1) is 18.9. The van der Waals surface area contributed by atoms with Gasteiger partial charge in [-0.3, -0.25) is 4.98 Å². The Labute approximate surface area is 196 Å². The van der Waals surface area contributed by atoms with Crippen LogP contribution in [0.1, 0.15) is 0 Å². The van der Waals surface area contributed by atoms with Crippen LogP contribution in [0.2, 0.25) is 0 Å². The molecule has 0 saturated carbocycles. The summed E-state index contributed by atoms with van der Waals surface area (Å²) in [4.78, 5) is 14.7. The molecule has 4 aromatic carbocycles. The predicted molar refractivity (Wildman–Crippen MR) is 141 cm³/mol. The highest BCUT2D eigenvalue weighted by Gasteiger charge is 2.15. The number of para-hydroxylation sites is 2. The number of nitrogens with zero attached hydrogens (tertiary/aromatic N) is 3. The van der Waals surface area contributed by atoms with Crippen molar-refractivity contribution in [2.75, 3.05) is 0 Å². The maximum atomic E-state index is 5.14. The van der Waals surface area contributed by atoms with Crippen molar-refractivity contribution in [1.29, 1.82) is 0 Å². The van der Waals surface area contributed by atoms with E-state index in [1.54, 1.807) is 0 Å². The lowest BCUT2D eigenvalue weighted by Gasteiger charge is -2.14. The summed E-state index contributed by atoms with van der Waals surface area (Å²) in [6, 6.07) is 37.7. The minimum atomic E-state index is 0.923. The molecule has 3 nitrogen and oxygen atoms in total. The van der Waals surface area contributed by atoms with Gasteiger partial charge in [0.1, 0.15) is 0 Å². The van der Waals surface area contributed by atoms with Crippen molar-refractivity contribution < 1.29 is 0 Å². The van der Waals surface area contributed by atoms with Crippen molar-refractivity contribution in [3.8, 4) is 22.5 Å². The first-order chi connectivity index (χ1) is 16.8. The van der Waals surface area contributed by atoms with E-state index < -0.39 is 0 Å². The second kappa shape index (κ2) is 7.46. The number of benzene rings is 4. The third kappa shape index (κ3) is 2.95. The predicted octanol–water partition coefficient (Wildman–Crippen LogP) is 7.82. The van der Waals surface area contributed by atoms with Gasteiger partial charge in [0, 0.05) is 33.5 Å². The van der Waals surface area contributed by atoms with E-state index in [1.165, 1.54) is 10.8 Å². The van der Waals surface area contributed by atoms with Gasteiger partial charge in [-0.25, -0.2) is 9.97 Å². The molecule has 3 heteroatoms. The maximum Gasteiger partial charge on any atom is 0.0723 e. The molecule has 0 radical (unpaired) electrons. The summed E-state index contributed by atoms with van der Waals surface area (Å²) in [6.45, 7) is 0. The minimum absolute atomic E-state index is 0.923. The van der Waals surface area contributed by atoms with Gasteiger partial charge in [-0.15, -0.1) is 0 Å². The van der Waals surface area contributed by atoms with Gasteiger partial charge in [-0.1, -0.05) is 72.8 Å². The SMILES string of the molecule is c1ccc2nc(-c3cc(-c4ccnc5ccccc45)nc4ccc5ccccc5c34)ccc2c1. The lowest BCUT2D eigenvalue weighted by molar-refractivity contribution is 1.36. The Bertz CT molecular complexity index is 1870. The number of hydrogen-bond acceptors (Lipinski definition) is 3. The average Bonchev–Trinajstić information content (AvgIpc) is 2.91. The van der Waals surface area contributed by atoms with Crippen LogP contribution in [-0.2, 0) is 0 Å². The number of hydrogen-bond donors (Lipinski definition) is 0. The topological polar surface area (TPSA) is 38.7 Å². The molecule has 3 heterocycles. The van der Waals surface area contributed by atoms with Gasteiger partial charge in [0.2, 0.25) is 0 Å². The first-order valence-corrected chi connectivity index (χ1v) is 11.4. The van der Waals surface area contributed by atoms with Crippen molar-refractivity contribution >= 4 is 43.5 Å². The minimum Gasteiger partial charge on any atom is -0.256 e.